The van der Waals surface area contributed by atoms with E-state index in [-0.39, 0.29) is 10.9 Å². The molecular weight excluding hydrogens is 366 g/mol. The van der Waals surface area contributed by atoms with Gasteiger partial charge in [-0.3, -0.25) is 14.4 Å². The van der Waals surface area contributed by atoms with E-state index in [2.05, 4.69) is 9.62 Å². The van der Waals surface area contributed by atoms with E-state index < -0.39 is 10.9 Å². The number of halogens is 1. The van der Waals surface area contributed by atoms with E-state index in [1.807, 2.05) is 0 Å². The van der Waals surface area contributed by atoms with Crippen LogP contribution < -0.4 is 4.72 Å². The van der Waals surface area contributed by atoms with Crippen LogP contribution in [0, 0.1) is 0 Å². The molecule has 2 fully saturated rings. The Labute approximate surface area is 154 Å². The first-order valence-corrected chi connectivity index (χ1v) is 9.92. The number of hydrogen-bond donors (Lipinski definition) is 2. The first-order chi connectivity index (χ1) is 12.0. The minimum Gasteiger partial charge on any atom is -0.377 e. The molecule has 25 heavy (non-hydrogen) atoms. The maximum Gasteiger partial charge on any atom is 0.255 e. The predicted octanol–water partition coefficient (Wildman–Crippen LogP) is 1.22. The van der Waals surface area contributed by atoms with Crippen LogP contribution in [0.15, 0.2) is 18.2 Å². The highest BCUT2D eigenvalue weighted by Gasteiger charge is 2.26. The van der Waals surface area contributed by atoms with Crippen LogP contribution in [0.4, 0.5) is 5.69 Å². The fraction of sp³-hybridized carbons (Fsp3) is 0.562. The van der Waals surface area contributed by atoms with Crippen molar-refractivity contribution in [3.05, 3.63) is 28.8 Å². The lowest BCUT2D eigenvalue weighted by molar-refractivity contribution is 0.0433. The number of hydrogen-bond acceptors (Lipinski definition) is 5. The zero-order valence-electron chi connectivity index (χ0n) is 13.8. The van der Waals surface area contributed by atoms with Gasteiger partial charge in [0.15, 0.2) is 0 Å². The third kappa shape index (κ3) is 4.84. The average molecular weight is 388 g/mol. The van der Waals surface area contributed by atoms with E-state index in [1.165, 1.54) is 12.1 Å². The van der Waals surface area contributed by atoms with Crippen LogP contribution in [0.5, 0.6) is 0 Å². The van der Waals surface area contributed by atoms with E-state index in [0.29, 0.717) is 30.4 Å². The molecule has 1 N–H and O–H groups in total. The van der Waals surface area contributed by atoms with Crippen molar-refractivity contribution < 1.29 is 17.9 Å². The third-order valence-electron chi connectivity index (χ3n) is 4.57. The minimum atomic E-state index is -2.76. The van der Waals surface area contributed by atoms with Gasteiger partial charge in [0.1, 0.15) is 0 Å². The van der Waals surface area contributed by atoms with Crippen LogP contribution >= 0.6 is 11.6 Å². The fourth-order valence-electron chi connectivity index (χ4n) is 3.24. The molecule has 0 bridgehead atoms. The topological polar surface area (TPSA) is 79.0 Å². The second kappa shape index (κ2) is 8.35. The SMILES string of the molecule is O=C(c1ccc(N[SH](=O)=O)cc1Cl)N1CCN(CC2CCCO2)CC1. The molecule has 0 aromatic heterocycles. The summed E-state index contributed by atoms with van der Waals surface area (Å²) in [6, 6.07) is 4.55. The van der Waals surface area contributed by atoms with Gasteiger partial charge in [0, 0.05) is 45.0 Å². The Balaban J connectivity index is 1.56. The van der Waals surface area contributed by atoms with E-state index in [0.717, 1.165) is 39.1 Å². The van der Waals surface area contributed by atoms with E-state index in [1.54, 1.807) is 11.0 Å². The van der Waals surface area contributed by atoms with E-state index in [9.17, 15) is 13.2 Å². The predicted molar refractivity (Wildman–Crippen MR) is 96.7 cm³/mol. The van der Waals surface area contributed by atoms with Gasteiger partial charge in [-0.2, -0.15) is 0 Å². The summed E-state index contributed by atoms with van der Waals surface area (Å²) in [5.74, 6) is -0.125. The van der Waals surface area contributed by atoms with Crippen LogP contribution in [0.25, 0.3) is 0 Å². The third-order valence-corrected chi connectivity index (χ3v) is 5.32. The lowest BCUT2D eigenvalue weighted by atomic mass is 10.1. The normalized spacial score (nSPS) is 21.7. The molecule has 0 radical (unpaired) electrons. The molecule has 138 valence electrons. The number of piperazine rings is 1. The van der Waals surface area contributed by atoms with Crippen molar-refractivity contribution in [2.75, 3.05) is 44.1 Å². The molecule has 2 aliphatic rings. The summed E-state index contributed by atoms with van der Waals surface area (Å²) < 4.78 is 29.3. The molecule has 1 aromatic rings. The standard InChI is InChI=1S/C16H22ClN3O4S/c17-15-10-12(18-25(22)23)3-4-14(15)16(21)20-7-5-19(6-8-20)11-13-2-1-9-24-13/h3-4,10,13,25H,1-2,5-9,11H2,(H,18,22,23). The Morgan fingerprint density at radius 1 is 1.28 bits per heavy atom. The van der Waals surface area contributed by atoms with Crippen LogP contribution in [0.3, 0.4) is 0 Å². The minimum absolute atomic E-state index is 0.125. The molecule has 2 heterocycles. The Bertz CT molecular complexity index is 691. The van der Waals surface area contributed by atoms with Crippen molar-refractivity contribution in [2.45, 2.75) is 18.9 Å². The van der Waals surface area contributed by atoms with Crippen LogP contribution in [0.2, 0.25) is 5.02 Å². The van der Waals surface area contributed by atoms with Crippen molar-refractivity contribution >= 4 is 34.1 Å². The highest BCUT2D eigenvalue weighted by molar-refractivity contribution is 7.73. The molecule has 2 aliphatic heterocycles. The number of benzene rings is 1. The van der Waals surface area contributed by atoms with Gasteiger partial charge in [0.2, 0.25) is 10.9 Å². The summed E-state index contributed by atoms with van der Waals surface area (Å²) in [5, 5.41) is 0.244. The van der Waals surface area contributed by atoms with Crippen LogP contribution in [0.1, 0.15) is 23.2 Å². The monoisotopic (exact) mass is 387 g/mol. The van der Waals surface area contributed by atoms with Crippen molar-refractivity contribution in [3.63, 3.8) is 0 Å². The molecule has 1 unspecified atom stereocenters. The number of carbonyl (C=O) groups excluding carboxylic acids is 1. The molecule has 3 rings (SSSR count). The Morgan fingerprint density at radius 2 is 2.04 bits per heavy atom. The molecule has 1 atom stereocenters. The molecule has 0 saturated carbocycles. The van der Waals surface area contributed by atoms with Gasteiger partial charge in [0.05, 0.1) is 16.7 Å². The number of nitrogens with one attached hydrogen (secondary N) is 1. The summed E-state index contributed by atoms with van der Waals surface area (Å²) in [7, 11) is -2.76. The Kier molecular flexibility index (Phi) is 6.16. The van der Waals surface area contributed by atoms with Gasteiger partial charge in [-0.1, -0.05) is 11.6 Å². The molecule has 1 amide bonds. The van der Waals surface area contributed by atoms with Crippen LogP contribution in [-0.2, 0) is 15.6 Å². The number of rotatable bonds is 5. The molecule has 1 aromatic carbocycles. The largest absolute Gasteiger partial charge is 0.377 e. The molecule has 2 saturated heterocycles. The van der Waals surface area contributed by atoms with Crippen molar-refractivity contribution in [3.8, 4) is 0 Å². The number of nitrogens with zero attached hydrogens (tertiary/aromatic N) is 2. The summed E-state index contributed by atoms with van der Waals surface area (Å²) in [6.07, 6.45) is 2.57. The molecular formula is C16H22ClN3O4S. The van der Waals surface area contributed by atoms with Crippen molar-refractivity contribution in [1.29, 1.82) is 0 Å². The highest BCUT2D eigenvalue weighted by Crippen LogP contribution is 2.23. The summed E-state index contributed by atoms with van der Waals surface area (Å²) in [5.41, 5.74) is 0.736. The van der Waals surface area contributed by atoms with Gasteiger partial charge in [-0.15, -0.1) is 0 Å². The van der Waals surface area contributed by atoms with Gasteiger partial charge in [0.25, 0.3) is 5.91 Å². The maximum atomic E-state index is 12.7. The number of thiol groups is 1. The highest BCUT2D eigenvalue weighted by atomic mass is 35.5. The molecule has 0 spiro atoms. The number of ether oxygens (including phenoxy) is 1. The summed E-state index contributed by atoms with van der Waals surface area (Å²) in [4.78, 5) is 16.8. The lowest BCUT2D eigenvalue weighted by Gasteiger charge is -2.35. The number of anilines is 1. The van der Waals surface area contributed by atoms with Gasteiger partial charge < -0.3 is 9.64 Å². The van der Waals surface area contributed by atoms with E-state index in [4.69, 9.17) is 16.3 Å². The van der Waals surface area contributed by atoms with Crippen molar-refractivity contribution in [2.24, 2.45) is 0 Å². The lowest BCUT2D eigenvalue weighted by Crippen LogP contribution is -2.50. The zero-order chi connectivity index (χ0) is 17.8. The van der Waals surface area contributed by atoms with Crippen molar-refractivity contribution in [1.82, 2.24) is 9.80 Å². The van der Waals surface area contributed by atoms with E-state index >= 15 is 0 Å². The van der Waals surface area contributed by atoms with Crippen LogP contribution in [-0.4, -0.2) is 69.6 Å². The molecule has 9 heteroatoms. The first kappa shape index (κ1) is 18.4. The Hall–Kier alpha value is -1.35. The zero-order valence-corrected chi connectivity index (χ0v) is 15.5. The van der Waals surface area contributed by atoms with Gasteiger partial charge >= 0.3 is 0 Å². The second-order valence-electron chi connectivity index (χ2n) is 6.29. The Morgan fingerprint density at radius 3 is 2.64 bits per heavy atom. The number of carbonyl (C=O) groups is 1. The molecule has 0 aliphatic carbocycles. The second-order valence-corrected chi connectivity index (χ2v) is 7.44. The average Bonchev–Trinajstić information content (AvgIpc) is 3.07. The molecule has 7 nitrogen and oxygen atoms in total. The summed E-state index contributed by atoms with van der Waals surface area (Å²) in [6.45, 7) is 4.71. The van der Waals surface area contributed by atoms with Gasteiger partial charge in [-0.25, -0.2) is 8.42 Å². The smallest absolute Gasteiger partial charge is 0.255 e. The first-order valence-electron chi connectivity index (χ1n) is 8.37. The quantitative estimate of drug-likeness (QED) is 0.742. The number of amides is 1. The maximum absolute atomic E-state index is 12.7. The summed E-state index contributed by atoms with van der Waals surface area (Å²) >= 11 is 6.16. The van der Waals surface area contributed by atoms with Gasteiger partial charge in [-0.05, 0) is 31.0 Å². The fourth-order valence-corrected chi connectivity index (χ4v) is 3.85.